The van der Waals surface area contributed by atoms with Gasteiger partial charge in [0, 0.05) is 37.8 Å². The Morgan fingerprint density at radius 1 is 0.870 bits per heavy atom. The summed E-state index contributed by atoms with van der Waals surface area (Å²) in [6.07, 6.45) is 17.8. The molecule has 46 heavy (non-hydrogen) atoms. The van der Waals surface area contributed by atoms with Gasteiger partial charge in [-0.15, -0.1) is 0 Å². The monoisotopic (exact) mass is 635 g/mol. The lowest BCUT2D eigenvalue weighted by Gasteiger charge is -2.25. The van der Waals surface area contributed by atoms with Crippen molar-refractivity contribution in [3.05, 3.63) is 30.6 Å². The van der Waals surface area contributed by atoms with Crippen molar-refractivity contribution in [3.8, 4) is 5.75 Å². The molecular weight excluding hydrogens is 586 g/mol. The fourth-order valence-electron chi connectivity index (χ4n) is 6.35. The number of unbranched alkanes of at least 4 members (excludes halogenated alkanes) is 3. The maximum Gasteiger partial charge on any atom is 0.243 e. The van der Waals surface area contributed by atoms with E-state index in [1.807, 2.05) is 30.6 Å². The van der Waals surface area contributed by atoms with Gasteiger partial charge >= 0.3 is 0 Å². The maximum absolute atomic E-state index is 12.0. The third-order valence-corrected chi connectivity index (χ3v) is 8.95. The molecule has 0 bridgehead atoms. The first-order valence-corrected chi connectivity index (χ1v) is 17.4. The molecular formula is C34H49N7O5. The van der Waals surface area contributed by atoms with Crippen LogP contribution in [0.5, 0.6) is 5.75 Å². The predicted molar refractivity (Wildman–Crippen MR) is 176 cm³/mol. The highest BCUT2D eigenvalue weighted by molar-refractivity contribution is 5.85. The van der Waals surface area contributed by atoms with Crippen LogP contribution in [0, 0.1) is 0 Å². The summed E-state index contributed by atoms with van der Waals surface area (Å²) in [7, 11) is 0. The third-order valence-electron chi connectivity index (χ3n) is 8.95. The predicted octanol–water partition coefficient (Wildman–Crippen LogP) is 6.92. The van der Waals surface area contributed by atoms with E-state index in [2.05, 4.69) is 20.7 Å². The number of fused-ring (bicyclic) bond motifs is 1. The number of carbonyl (C=O) groups excluding carboxylic acids is 1. The summed E-state index contributed by atoms with van der Waals surface area (Å²) < 4.78 is 19.6. The smallest absolute Gasteiger partial charge is 0.243 e. The summed E-state index contributed by atoms with van der Waals surface area (Å²) >= 11 is 0. The second-order valence-corrected chi connectivity index (χ2v) is 12.6. The normalized spacial score (nSPS) is 20.8. The number of hydrogen-bond acceptors (Lipinski definition) is 10. The molecule has 12 nitrogen and oxygen atoms in total. The molecule has 3 aliphatic rings. The fourth-order valence-corrected chi connectivity index (χ4v) is 6.35. The van der Waals surface area contributed by atoms with Crippen molar-refractivity contribution >= 4 is 34.5 Å². The molecule has 2 aromatic heterocycles. The van der Waals surface area contributed by atoms with Crippen LogP contribution in [0.25, 0.3) is 11.2 Å². The first kappa shape index (κ1) is 32.5. The van der Waals surface area contributed by atoms with E-state index in [-0.39, 0.29) is 18.4 Å². The number of anilines is 3. The van der Waals surface area contributed by atoms with E-state index in [9.17, 15) is 4.79 Å². The molecule has 4 heterocycles. The highest BCUT2D eigenvalue weighted by Gasteiger charge is 2.23. The molecule has 0 radical (unpaired) electrons. The average Bonchev–Trinajstić information content (AvgIpc) is 3.53. The van der Waals surface area contributed by atoms with Crippen molar-refractivity contribution in [3.63, 3.8) is 0 Å². The zero-order chi connectivity index (χ0) is 31.4. The minimum absolute atomic E-state index is 0.0546. The van der Waals surface area contributed by atoms with Crippen LogP contribution < -0.4 is 20.9 Å². The Morgan fingerprint density at radius 2 is 1.65 bits per heavy atom. The standard InChI is InChI=1S/C34H49N7O5/c42-28(40-46-30-16-8-11-23-45-30)14-6-1-2-9-21-43-27-19-17-26(18-20-27)37-34-38-32(36-25-12-4-3-5-13-25)31-33(39-34)41(24-35-31)29-15-7-10-22-44-29/h17-20,24-25,29-30H,1-16,21-23H2,(H,40,42)(H2,36,37,38,39). The Bertz CT molecular complexity index is 1370. The van der Waals surface area contributed by atoms with Crippen molar-refractivity contribution in [2.24, 2.45) is 0 Å². The van der Waals surface area contributed by atoms with Crippen molar-refractivity contribution < 1.29 is 23.8 Å². The Balaban J connectivity index is 0.971. The highest BCUT2D eigenvalue weighted by atomic mass is 16.8. The number of imidazole rings is 1. The SMILES string of the molecule is O=C(CCCCCCOc1ccc(Nc2nc(NC3CCCCC3)c3ncn(C4CCCCO4)c3n2)cc1)NOC1CCCCO1. The molecule has 3 aromatic rings. The van der Waals surface area contributed by atoms with Gasteiger partial charge in [0.25, 0.3) is 0 Å². The molecule has 2 saturated heterocycles. The second-order valence-electron chi connectivity index (χ2n) is 12.6. The summed E-state index contributed by atoms with van der Waals surface area (Å²) in [5, 5.41) is 7.08. The zero-order valence-corrected chi connectivity index (χ0v) is 26.9. The van der Waals surface area contributed by atoms with Crippen molar-refractivity contribution in [1.82, 2.24) is 25.0 Å². The number of rotatable bonds is 15. The molecule has 12 heteroatoms. The average molecular weight is 636 g/mol. The Morgan fingerprint density at radius 3 is 2.43 bits per heavy atom. The van der Waals surface area contributed by atoms with Crippen LogP contribution >= 0.6 is 0 Å². The number of hydrogen-bond donors (Lipinski definition) is 3. The van der Waals surface area contributed by atoms with Gasteiger partial charge in [-0.25, -0.2) is 15.3 Å². The van der Waals surface area contributed by atoms with E-state index in [0.717, 1.165) is 112 Å². The quantitative estimate of drug-likeness (QED) is 0.119. The van der Waals surface area contributed by atoms with Gasteiger partial charge in [0.2, 0.25) is 11.9 Å². The number of ether oxygens (including phenoxy) is 3. The molecule has 6 rings (SSSR count). The molecule has 1 aliphatic carbocycles. The number of carbonyl (C=O) groups is 1. The van der Waals surface area contributed by atoms with Crippen LogP contribution in [0.3, 0.4) is 0 Å². The third kappa shape index (κ3) is 9.29. The molecule has 250 valence electrons. The zero-order valence-electron chi connectivity index (χ0n) is 26.9. The van der Waals surface area contributed by atoms with E-state index in [0.29, 0.717) is 31.6 Å². The Labute approximate surface area is 271 Å². The lowest BCUT2D eigenvalue weighted by molar-refractivity contribution is -0.200. The van der Waals surface area contributed by atoms with Crippen LogP contribution in [0.4, 0.5) is 17.5 Å². The molecule has 0 spiro atoms. The lowest BCUT2D eigenvalue weighted by atomic mass is 9.95. The first-order valence-electron chi connectivity index (χ1n) is 17.4. The van der Waals surface area contributed by atoms with Gasteiger partial charge in [-0.1, -0.05) is 32.1 Å². The number of benzene rings is 1. The minimum atomic E-state index is -0.310. The van der Waals surface area contributed by atoms with E-state index >= 15 is 0 Å². The fraction of sp³-hybridized carbons (Fsp3) is 0.647. The van der Waals surface area contributed by atoms with Gasteiger partial charge in [0.05, 0.1) is 12.9 Å². The summed E-state index contributed by atoms with van der Waals surface area (Å²) in [4.78, 5) is 31.8. The number of nitrogens with zero attached hydrogens (tertiary/aromatic N) is 4. The highest BCUT2D eigenvalue weighted by Crippen LogP contribution is 2.31. The lowest BCUT2D eigenvalue weighted by Crippen LogP contribution is -2.32. The van der Waals surface area contributed by atoms with Crippen LogP contribution in [0.15, 0.2) is 30.6 Å². The molecule has 2 atom stereocenters. The topological polar surface area (TPSA) is 134 Å². The summed E-state index contributed by atoms with van der Waals surface area (Å²) in [6, 6.07) is 8.29. The molecule has 3 N–H and O–H groups in total. The first-order chi connectivity index (χ1) is 22.7. The number of nitrogens with one attached hydrogen (secondary N) is 3. The maximum atomic E-state index is 12.0. The number of amides is 1. The van der Waals surface area contributed by atoms with Gasteiger partial charge in [0.15, 0.2) is 23.3 Å². The van der Waals surface area contributed by atoms with E-state index in [1.165, 1.54) is 19.3 Å². The van der Waals surface area contributed by atoms with Gasteiger partial charge < -0.3 is 24.8 Å². The largest absolute Gasteiger partial charge is 0.494 e. The summed E-state index contributed by atoms with van der Waals surface area (Å²) in [5.41, 5.74) is 4.98. The minimum Gasteiger partial charge on any atom is -0.494 e. The van der Waals surface area contributed by atoms with Crippen LogP contribution in [0.1, 0.15) is 109 Å². The van der Waals surface area contributed by atoms with Gasteiger partial charge in [0.1, 0.15) is 12.0 Å². The van der Waals surface area contributed by atoms with Gasteiger partial charge in [-0.3, -0.25) is 9.36 Å². The van der Waals surface area contributed by atoms with Crippen LogP contribution in [-0.2, 0) is 19.1 Å². The van der Waals surface area contributed by atoms with Crippen molar-refractivity contribution in [1.29, 1.82) is 0 Å². The Hall–Kier alpha value is -3.48. The second kappa shape index (κ2) is 16.9. The van der Waals surface area contributed by atoms with E-state index in [1.54, 1.807) is 0 Å². The van der Waals surface area contributed by atoms with Crippen molar-refractivity contribution in [2.75, 3.05) is 30.5 Å². The van der Waals surface area contributed by atoms with Crippen LogP contribution in [0.2, 0.25) is 0 Å². The molecule has 1 aromatic carbocycles. The molecule has 3 fully saturated rings. The summed E-state index contributed by atoms with van der Waals surface area (Å²) in [6.45, 7) is 2.08. The van der Waals surface area contributed by atoms with Gasteiger partial charge in [-0.05, 0) is 82.1 Å². The molecule has 1 amide bonds. The molecule has 2 unspecified atom stereocenters. The number of aromatic nitrogens is 4. The molecule has 1 saturated carbocycles. The van der Waals surface area contributed by atoms with Crippen LogP contribution in [-0.4, -0.2) is 57.6 Å². The van der Waals surface area contributed by atoms with E-state index < -0.39 is 0 Å². The van der Waals surface area contributed by atoms with Gasteiger partial charge in [-0.2, -0.15) is 9.97 Å². The van der Waals surface area contributed by atoms with E-state index in [4.69, 9.17) is 34.0 Å². The molecule has 2 aliphatic heterocycles. The Kier molecular flexibility index (Phi) is 11.9. The number of hydroxylamine groups is 1. The van der Waals surface area contributed by atoms with Crippen molar-refractivity contribution in [2.45, 2.75) is 121 Å². The summed E-state index contributed by atoms with van der Waals surface area (Å²) in [5.74, 6) is 2.03.